The van der Waals surface area contributed by atoms with Crippen LogP contribution < -0.4 is 19.7 Å². The zero-order valence-electron chi connectivity index (χ0n) is 15.7. The summed E-state index contributed by atoms with van der Waals surface area (Å²) in [4.78, 5) is 37.4. The van der Waals surface area contributed by atoms with E-state index in [1.54, 1.807) is 42.5 Å². The molecule has 0 spiro atoms. The normalized spacial score (nSPS) is 10.1. The van der Waals surface area contributed by atoms with Crippen LogP contribution in [0.1, 0.15) is 24.2 Å². The maximum absolute atomic E-state index is 12.5. The molecule has 0 aromatic heterocycles. The number of hydrogen-bond acceptors (Lipinski definition) is 5. The first-order valence-corrected chi connectivity index (χ1v) is 8.26. The van der Waals surface area contributed by atoms with Crippen LogP contribution in [-0.4, -0.2) is 38.4 Å². The number of carbonyl (C=O) groups excluding carboxylic acids is 3. The maximum Gasteiger partial charge on any atom is 0.244 e. The molecule has 0 unspecified atom stereocenters. The van der Waals surface area contributed by atoms with Gasteiger partial charge in [-0.05, 0) is 31.2 Å². The summed E-state index contributed by atoms with van der Waals surface area (Å²) < 4.78 is 10.5. The number of rotatable bonds is 7. The molecule has 0 aliphatic heterocycles. The molecule has 0 radical (unpaired) electrons. The molecular weight excluding hydrogens is 348 g/mol. The van der Waals surface area contributed by atoms with E-state index in [1.165, 1.54) is 33.0 Å². The van der Waals surface area contributed by atoms with E-state index in [2.05, 4.69) is 5.32 Å². The number of amides is 2. The molecule has 2 amide bonds. The summed E-state index contributed by atoms with van der Waals surface area (Å²) in [6, 6.07) is 11.6. The van der Waals surface area contributed by atoms with E-state index >= 15 is 0 Å². The lowest BCUT2D eigenvalue weighted by atomic mass is 10.1. The van der Waals surface area contributed by atoms with Gasteiger partial charge in [-0.15, -0.1) is 0 Å². The predicted octanol–water partition coefficient (Wildman–Crippen LogP) is 2.90. The third-order valence-corrected chi connectivity index (χ3v) is 3.91. The Kier molecular flexibility index (Phi) is 6.54. The molecule has 0 bridgehead atoms. The van der Waals surface area contributed by atoms with Crippen molar-refractivity contribution in [1.82, 2.24) is 0 Å². The zero-order valence-corrected chi connectivity index (χ0v) is 15.7. The zero-order chi connectivity index (χ0) is 20.0. The summed E-state index contributed by atoms with van der Waals surface area (Å²) in [7, 11) is 3.00. The largest absolute Gasteiger partial charge is 0.497 e. The van der Waals surface area contributed by atoms with Crippen molar-refractivity contribution < 1.29 is 23.9 Å². The van der Waals surface area contributed by atoms with Gasteiger partial charge in [0.1, 0.15) is 18.0 Å². The Balaban J connectivity index is 2.24. The van der Waals surface area contributed by atoms with E-state index in [-0.39, 0.29) is 18.2 Å². The van der Waals surface area contributed by atoms with Crippen molar-refractivity contribution in [3.05, 3.63) is 48.0 Å². The van der Waals surface area contributed by atoms with Gasteiger partial charge in [-0.2, -0.15) is 0 Å². The molecule has 2 rings (SSSR count). The van der Waals surface area contributed by atoms with Crippen LogP contribution in [0.5, 0.6) is 11.5 Å². The highest BCUT2D eigenvalue weighted by Gasteiger charge is 2.20. The van der Waals surface area contributed by atoms with Crippen molar-refractivity contribution in [3.8, 4) is 11.5 Å². The Morgan fingerprint density at radius 3 is 2.33 bits per heavy atom. The van der Waals surface area contributed by atoms with Crippen LogP contribution in [0.15, 0.2) is 42.5 Å². The quantitative estimate of drug-likeness (QED) is 0.758. The van der Waals surface area contributed by atoms with Gasteiger partial charge in [-0.25, -0.2) is 0 Å². The number of methoxy groups -OCH3 is 2. The van der Waals surface area contributed by atoms with Gasteiger partial charge in [-0.3, -0.25) is 19.3 Å². The van der Waals surface area contributed by atoms with Crippen LogP contribution in [-0.2, 0) is 9.59 Å². The van der Waals surface area contributed by atoms with Crippen LogP contribution in [0.25, 0.3) is 0 Å². The lowest BCUT2D eigenvalue weighted by Gasteiger charge is -2.23. The molecule has 0 heterocycles. The molecule has 0 saturated carbocycles. The SMILES string of the molecule is COc1ccc(OC)c(N(CC(=O)Nc2cccc(C(C)=O)c2)C(C)=O)c1. The Hall–Kier alpha value is -3.35. The van der Waals surface area contributed by atoms with E-state index < -0.39 is 5.91 Å². The Bertz CT molecular complexity index is 863. The number of ether oxygens (including phenoxy) is 2. The monoisotopic (exact) mass is 370 g/mol. The second-order valence-electron chi connectivity index (χ2n) is 5.83. The molecule has 0 aliphatic carbocycles. The highest BCUT2D eigenvalue weighted by atomic mass is 16.5. The standard InChI is InChI=1S/C20H22N2O5/c1-13(23)15-6-5-7-16(10-15)21-20(25)12-22(14(2)24)18-11-17(26-3)8-9-19(18)27-4/h5-11H,12H2,1-4H3,(H,21,25). The lowest BCUT2D eigenvalue weighted by molar-refractivity contribution is -0.120. The fourth-order valence-corrected chi connectivity index (χ4v) is 2.53. The maximum atomic E-state index is 12.5. The number of ketones is 1. The smallest absolute Gasteiger partial charge is 0.244 e. The Morgan fingerprint density at radius 1 is 1.00 bits per heavy atom. The topological polar surface area (TPSA) is 84.9 Å². The Morgan fingerprint density at radius 2 is 1.74 bits per heavy atom. The highest BCUT2D eigenvalue weighted by Crippen LogP contribution is 2.32. The molecule has 0 saturated heterocycles. The van der Waals surface area contributed by atoms with Gasteiger partial charge in [0.25, 0.3) is 0 Å². The fraction of sp³-hybridized carbons (Fsp3) is 0.250. The number of nitrogens with one attached hydrogen (secondary N) is 1. The molecule has 0 aliphatic rings. The first-order valence-electron chi connectivity index (χ1n) is 8.26. The number of Topliss-reactive ketones (excluding diaryl/α,β-unsaturated/α-hetero) is 1. The minimum absolute atomic E-state index is 0.0995. The van der Waals surface area contributed by atoms with Gasteiger partial charge in [0.2, 0.25) is 11.8 Å². The molecule has 1 N–H and O–H groups in total. The van der Waals surface area contributed by atoms with Crippen LogP contribution in [0.3, 0.4) is 0 Å². The first-order chi connectivity index (χ1) is 12.8. The first kappa shape index (κ1) is 20.0. The van der Waals surface area contributed by atoms with Crippen molar-refractivity contribution >= 4 is 29.0 Å². The van der Waals surface area contributed by atoms with Crippen molar-refractivity contribution in [1.29, 1.82) is 0 Å². The molecule has 142 valence electrons. The van der Waals surface area contributed by atoms with E-state index in [9.17, 15) is 14.4 Å². The molecule has 27 heavy (non-hydrogen) atoms. The molecule has 0 atom stereocenters. The third kappa shape index (κ3) is 5.07. The fourth-order valence-electron chi connectivity index (χ4n) is 2.53. The average Bonchev–Trinajstić information content (AvgIpc) is 2.65. The molecule has 2 aromatic carbocycles. The van der Waals surface area contributed by atoms with Crippen LogP contribution in [0, 0.1) is 0 Å². The Labute approximate surface area is 157 Å². The number of nitrogens with zero attached hydrogens (tertiary/aromatic N) is 1. The summed E-state index contributed by atoms with van der Waals surface area (Å²) >= 11 is 0. The molecule has 2 aromatic rings. The second-order valence-corrected chi connectivity index (χ2v) is 5.83. The molecular formula is C20H22N2O5. The lowest BCUT2D eigenvalue weighted by Crippen LogP contribution is -2.37. The van der Waals surface area contributed by atoms with Gasteiger partial charge in [0, 0.05) is 24.2 Å². The highest BCUT2D eigenvalue weighted by molar-refractivity contribution is 6.03. The van der Waals surface area contributed by atoms with Gasteiger partial charge in [0.15, 0.2) is 5.78 Å². The summed E-state index contributed by atoms with van der Waals surface area (Å²) in [6.07, 6.45) is 0. The number of anilines is 2. The van der Waals surface area contributed by atoms with E-state index in [0.717, 1.165) is 0 Å². The molecule has 7 heteroatoms. The number of carbonyl (C=O) groups is 3. The average molecular weight is 370 g/mol. The van der Waals surface area contributed by atoms with Crippen molar-refractivity contribution in [2.24, 2.45) is 0 Å². The second kappa shape index (κ2) is 8.84. The summed E-state index contributed by atoms with van der Waals surface area (Å²) in [5.74, 6) is 0.145. The van der Waals surface area contributed by atoms with Crippen molar-refractivity contribution in [2.75, 3.05) is 31.0 Å². The third-order valence-electron chi connectivity index (χ3n) is 3.91. The van der Waals surface area contributed by atoms with E-state index in [0.29, 0.717) is 28.4 Å². The van der Waals surface area contributed by atoms with Crippen molar-refractivity contribution in [3.63, 3.8) is 0 Å². The molecule has 7 nitrogen and oxygen atoms in total. The van der Waals surface area contributed by atoms with Gasteiger partial charge >= 0.3 is 0 Å². The minimum Gasteiger partial charge on any atom is -0.497 e. The van der Waals surface area contributed by atoms with E-state index in [1.807, 2.05) is 0 Å². The number of hydrogen-bond donors (Lipinski definition) is 1. The van der Waals surface area contributed by atoms with Crippen molar-refractivity contribution in [2.45, 2.75) is 13.8 Å². The van der Waals surface area contributed by atoms with Crippen LogP contribution in [0.4, 0.5) is 11.4 Å². The summed E-state index contributed by atoms with van der Waals surface area (Å²) in [5, 5.41) is 2.70. The molecule has 0 fully saturated rings. The minimum atomic E-state index is -0.407. The predicted molar refractivity (Wildman–Crippen MR) is 103 cm³/mol. The van der Waals surface area contributed by atoms with Crippen LogP contribution in [0.2, 0.25) is 0 Å². The van der Waals surface area contributed by atoms with Gasteiger partial charge in [0.05, 0.1) is 19.9 Å². The van der Waals surface area contributed by atoms with Gasteiger partial charge in [-0.1, -0.05) is 12.1 Å². The summed E-state index contributed by atoms with van der Waals surface area (Å²) in [5.41, 5.74) is 1.40. The summed E-state index contributed by atoms with van der Waals surface area (Å²) in [6.45, 7) is 2.60. The number of benzene rings is 2. The van der Waals surface area contributed by atoms with Gasteiger partial charge < -0.3 is 14.8 Å². The van der Waals surface area contributed by atoms with Crippen LogP contribution >= 0.6 is 0 Å². The van der Waals surface area contributed by atoms with E-state index in [4.69, 9.17) is 9.47 Å².